The number of nitrogens with one attached hydrogen (secondary N) is 1. The zero-order valence-electron chi connectivity index (χ0n) is 20.9. The van der Waals surface area contributed by atoms with Gasteiger partial charge in [0.1, 0.15) is 18.8 Å². The highest BCUT2D eigenvalue weighted by molar-refractivity contribution is 6.06. The maximum atomic E-state index is 13.6. The summed E-state index contributed by atoms with van der Waals surface area (Å²) in [6.45, 7) is 1.74. The van der Waals surface area contributed by atoms with Gasteiger partial charge in [-0.05, 0) is 67.5 Å². The van der Waals surface area contributed by atoms with Gasteiger partial charge in [-0.25, -0.2) is 14.1 Å². The van der Waals surface area contributed by atoms with E-state index in [1.54, 1.807) is 41.3 Å². The second kappa shape index (κ2) is 9.89. The minimum Gasteiger partial charge on any atom is -0.427 e. The van der Waals surface area contributed by atoms with E-state index in [4.69, 9.17) is 10.00 Å². The molecule has 0 radical (unpaired) electrons. The van der Waals surface area contributed by atoms with E-state index in [1.807, 2.05) is 6.92 Å². The number of anilines is 1. The molecule has 2 aromatic carbocycles. The van der Waals surface area contributed by atoms with Crippen LogP contribution >= 0.6 is 0 Å². The molecular formula is C28H27FN4O5. The molecule has 38 heavy (non-hydrogen) atoms. The molecule has 2 aliphatic carbocycles. The summed E-state index contributed by atoms with van der Waals surface area (Å²) in [5, 5.41) is 11.3. The van der Waals surface area contributed by atoms with Crippen molar-refractivity contribution in [1.82, 2.24) is 9.80 Å². The van der Waals surface area contributed by atoms with Gasteiger partial charge in [-0.15, -0.1) is 0 Å². The highest BCUT2D eigenvalue weighted by atomic mass is 19.1. The first-order chi connectivity index (χ1) is 18.2. The number of ether oxygens (including phenoxy) is 1. The molecule has 2 aromatic rings. The predicted molar refractivity (Wildman–Crippen MR) is 133 cm³/mol. The van der Waals surface area contributed by atoms with E-state index in [2.05, 4.69) is 5.32 Å². The van der Waals surface area contributed by atoms with E-state index in [0.717, 1.165) is 28.9 Å². The van der Waals surface area contributed by atoms with Crippen molar-refractivity contribution in [2.45, 2.75) is 57.2 Å². The number of rotatable bonds is 8. The second-order valence-corrected chi connectivity index (χ2v) is 10.1. The number of hydrogen-bond donors (Lipinski definition) is 1. The maximum absolute atomic E-state index is 13.6. The highest BCUT2D eigenvalue weighted by Gasteiger charge is 2.58. The predicted octanol–water partition coefficient (Wildman–Crippen LogP) is 3.63. The maximum Gasteiger partial charge on any atom is 0.418 e. The summed E-state index contributed by atoms with van der Waals surface area (Å²) in [6, 6.07) is 12.5. The number of halogens is 1. The summed E-state index contributed by atoms with van der Waals surface area (Å²) in [4.78, 5) is 54.2. The monoisotopic (exact) mass is 518 g/mol. The van der Waals surface area contributed by atoms with E-state index in [1.165, 1.54) is 12.1 Å². The van der Waals surface area contributed by atoms with Gasteiger partial charge in [0.25, 0.3) is 5.91 Å². The van der Waals surface area contributed by atoms with Crippen molar-refractivity contribution in [3.63, 3.8) is 0 Å². The molecule has 2 fully saturated rings. The lowest BCUT2D eigenvalue weighted by atomic mass is 9.94. The Kier molecular flexibility index (Phi) is 6.61. The Morgan fingerprint density at radius 1 is 1.24 bits per heavy atom. The van der Waals surface area contributed by atoms with Crippen LogP contribution in [0.15, 0.2) is 42.5 Å². The highest BCUT2D eigenvalue weighted by Crippen LogP contribution is 2.46. The number of hydrogen-bond acceptors (Lipinski definition) is 6. The Morgan fingerprint density at radius 3 is 2.66 bits per heavy atom. The Bertz CT molecular complexity index is 1350. The summed E-state index contributed by atoms with van der Waals surface area (Å²) >= 11 is 0. The van der Waals surface area contributed by atoms with Gasteiger partial charge in [0.05, 0.1) is 6.07 Å². The van der Waals surface area contributed by atoms with Crippen molar-refractivity contribution < 1.29 is 28.3 Å². The van der Waals surface area contributed by atoms with E-state index in [0.29, 0.717) is 23.6 Å². The second-order valence-electron chi connectivity index (χ2n) is 10.1. The first-order valence-corrected chi connectivity index (χ1v) is 12.6. The topological polar surface area (TPSA) is 120 Å². The smallest absolute Gasteiger partial charge is 0.418 e. The van der Waals surface area contributed by atoms with Gasteiger partial charge in [-0.2, -0.15) is 5.26 Å². The van der Waals surface area contributed by atoms with Crippen molar-refractivity contribution in [3.05, 3.63) is 65.0 Å². The Balaban J connectivity index is 1.33. The van der Waals surface area contributed by atoms with Crippen LogP contribution in [0.1, 0.15) is 49.3 Å². The van der Waals surface area contributed by atoms with Crippen LogP contribution in [0.3, 0.4) is 0 Å². The van der Waals surface area contributed by atoms with E-state index in [9.17, 15) is 23.6 Å². The van der Waals surface area contributed by atoms with Crippen LogP contribution in [0.4, 0.5) is 14.9 Å². The molecule has 0 bridgehead atoms. The first kappa shape index (κ1) is 25.4. The molecule has 2 atom stereocenters. The molecule has 0 aromatic heterocycles. The minimum absolute atomic E-state index is 0.0999. The van der Waals surface area contributed by atoms with Crippen LogP contribution in [0.5, 0.6) is 0 Å². The van der Waals surface area contributed by atoms with E-state index < -0.39 is 30.1 Å². The van der Waals surface area contributed by atoms with Gasteiger partial charge in [0.15, 0.2) is 0 Å². The molecule has 1 N–H and O–H groups in total. The fourth-order valence-corrected chi connectivity index (χ4v) is 5.31. The zero-order valence-corrected chi connectivity index (χ0v) is 20.9. The number of nitriles is 1. The standard InChI is InChI=1S/C28H27FN4O5/c1-17(19-4-5-19)32(15-18-2-6-21(29)7-3-18)25(35)16-33-26(36)28(38-27(33)37)12-10-20-14-22(8-9-23(20)28)31-24(34)11-13-30/h2-3,6-9,14,17,19H,4-5,10-12,15-16H2,1H3,(H,31,34). The van der Waals surface area contributed by atoms with Crippen molar-refractivity contribution >= 4 is 29.5 Å². The summed E-state index contributed by atoms with van der Waals surface area (Å²) in [5.41, 5.74) is 0.996. The van der Waals surface area contributed by atoms with Gasteiger partial charge < -0.3 is 15.0 Å². The molecule has 1 spiro atoms. The molecular weight excluding hydrogens is 491 g/mol. The molecule has 4 amide bonds. The van der Waals surface area contributed by atoms with Gasteiger partial charge in [0, 0.05) is 30.3 Å². The number of aryl methyl sites for hydroxylation is 1. The van der Waals surface area contributed by atoms with Crippen LogP contribution in [-0.4, -0.2) is 46.2 Å². The molecule has 1 saturated heterocycles. The number of carbonyl (C=O) groups excluding carboxylic acids is 4. The van der Waals surface area contributed by atoms with Crippen molar-refractivity contribution in [2.75, 3.05) is 11.9 Å². The summed E-state index contributed by atoms with van der Waals surface area (Å²) in [7, 11) is 0. The molecule has 9 nitrogen and oxygen atoms in total. The van der Waals surface area contributed by atoms with Crippen molar-refractivity contribution in [2.24, 2.45) is 5.92 Å². The summed E-state index contributed by atoms with van der Waals surface area (Å²) < 4.78 is 19.0. The lowest BCUT2D eigenvalue weighted by Crippen LogP contribution is -2.47. The fraction of sp³-hybridized carbons (Fsp3) is 0.393. The van der Waals surface area contributed by atoms with Crippen LogP contribution in [0.2, 0.25) is 0 Å². The average Bonchev–Trinajstić information content (AvgIpc) is 3.64. The van der Waals surface area contributed by atoms with Gasteiger partial charge >= 0.3 is 6.09 Å². The number of carbonyl (C=O) groups is 4. The molecule has 1 aliphatic heterocycles. The molecule has 3 aliphatic rings. The minimum atomic E-state index is -1.51. The van der Waals surface area contributed by atoms with Crippen LogP contribution < -0.4 is 5.32 Å². The van der Waals surface area contributed by atoms with Crippen LogP contribution in [0, 0.1) is 23.1 Å². The first-order valence-electron chi connectivity index (χ1n) is 12.6. The lowest BCUT2D eigenvalue weighted by Gasteiger charge is -2.30. The number of fused-ring (bicyclic) bond motifs is 2. The number of benzene rings is 2. The van der Waals surface area contributed by atoms with E-state index in [-0.39, 0.29) is 37.2 Å². The molecule has 2 unspecified atom stereocenters. The summed E-state index contributed by atoms with van der Waals surface area (Å²) in [5.74, 6) is -1.44. The van der Waals surface area contributed by atoms with E-state index >= 15 is 0 Å². The Labute approximate surface area is 219 Å². The molecule has 10 heteroatoms. The molecule has 1 heterocycles. The number of imide groups is 1. The SMILES string of the molecule is CC(C1CC1)N(Cc1ccc(F)cc1)C(=O)CN1C(=O)OC2(CCc3cc(NC(=O)CC#N)ccc32)C1=O. The van der Waals surface area contributed by atoms with Crippen LogP contribution in [0.25, 0.3) is 0 Å². The number of amides is 4. The Hall–Kier alpha value is -4.26. The average molecular weight is 519 g/mol. The molecule has 196 valence electrons. The molecule has 1 saturated carbocycles. The normalized spacial score (nSPS) is 20.6. The van der Waals surface area contributed by atoms with Gasteiger partial charge in [0.2, 0.25) is 17.4 Å². The fourth-order valence-electron chi connectivity index (χ4n) is 5.31. The van der Waals surface area contributed by atoms with Crippen molar-refractivity contribution in [3.8, 4) is 6.07 Å². The van der Waals surface area contributed by atoms with Gasteiger partial charge in [-0.1, -0.05) is 18.2 Å². The van der Waals surface area contributed by atoms with Gasteiger partial charge in [-0.3, -0.25) is 14.4 Å². The third-order valence-corrected chi connectivity index (χ3v) is 7.56. The third-order valence-electron chi connectivity index (χ3n) is 7.56. The lowest BCUT2D eigenvalue weighted by molar-refractivity contribution is -0.143. The molecule has 5 rings (SSSR count). The summed E-state index contributed by atoms with van der Waals surface area (Å²) in [6.07, 6.45) is 1.51. The Morgan fingerprint density at radius 2 is 1.97 bits per heavy atom. The van der Waals surface area contributed by atoms with Crippen LogP contribution in [-0.2, 0) is 37.7 Å². The largest absolute Gasteiger partial charge is 0.427 e. The zero-order chi connectivity index (χ0) is 27.0. The third kappa shape index (κ3) is 4.72. The van der Waals surface area contributed by atoms with Crippen molar-refractivity contribution in [1.29, 1.82) is 5.26 Å². The quantitative estimate of drug-likeness (QED) is 0.570. The number of nitrogens with zero attached hydrogens (tertiary/aromatic N) is 3.